The van der Waals surface area contributed by atoms with Crippen molar-refractivity contribution in [1.82, 2.24) is 4.73 Å². The molecule has 28 heavy (non-hydrogen) atoms. The number of aromatic nitrogens is 1. The van der Waals surface area contributed by atoms with Crippen LogP contribution in [-0.2, 0) is 10.0 Å². The standard InChI is InChI=1S/C21H20N2O4S.2H2/c1-14(2)18-10-9-16(11-19(18)22-28(3,26)27)20-12-17(13-21(24)23(20)25)15-7-5-4-6-8-15;;/h4-13,22,25H,1H2,2-3H3;2*1H. The molecule has 2 N–H and O–H groups in total. The van der Waals surface area contributed by atoms with Crippen LogP contribution in [0.5, 0.6) is 0 Å². The number of hydrogen-bond donors (Lipinski definition) is 2. The van der Waals surface area contributed by atoms with Gasteiger partial charge >= 0.3 is 0 Å². The molecule has 3 rings (SSSR count). The molecule has 3 aromatic rings. The Morgan fingerprint density at radius 2 is 1.71 bits per heavy atom. The van der Waals surface area contributed by atoms with Gasteiger partial charge in [-0.3, -0.25) is 9.52 Å². The lowest BCUT2D eigenvalue weighted by atomic mass is 10.00. The second-order valence-electron chi connectivity index (χ2n) is 6.56. The fraction of sp³-hybridized carbons (Fsp3) is 0.0952. The second-order valence-corrected chi connectivity index (χ2v) is 8.31. The maximum absolute atomic E-state index is 12.3. The first-order chi connectivity index (χ1) is 13.2. The summed E-state index contributed by atoms with van der Waals surface area (Å²) in [5.41, 5.74) is 3.24. The Morgan fingerprint density at radius 1 is 1.04 bits per heavy atom. The molecular weight excluding hydrogens is 376 g/mol. The zero-order valence-corrected chi connectivity index (χ0v) is 16.3. The molecule has 0 saturated heterocycles. The Balaban J connectivity index is 0.00000225. The summed E-state index contributed by atoms with van der Waals surface area (Å²) in [6.07, 6.45) is 1.06. The van der Waals surface area contributed by atoms with Crippen molar-refractivity contribution >= 4 is 21.3 Å². The molecule has 0 spiro atoms. The van der Waals surface area contributed by atoms with Gasteiger partial charge in [-0.1, -0.05) is 49.0 Å². The summed E-state index contributed by atoms with van der Waals surface area (Å²) < 4.78 is 26.5. The number of pyridine rings is 1. The van der Waals surface area contributed by atoms with Crippen LogP contribution in [0.15, 0.2) is 72.0 Å². The maximum Gasteiger partial charge on any atom is 0.283 e. The molecule has 0 fully saturated rings. The molecule has 1 heterocycles. The molecule has 0 unspecified atom stereocenters. The molecule has 0 aliphatic carbocycles. The quantitative estimate of drug-likeness (QED) is 0.625. The average Bonchev–Trinajstić information content (AvgIpc) is 2.63. The number of benzene rings is 2. The largest absolute Gasteiger partial charge is 0.425 e. The van der Waals surface area contributed by atoms with E-state index in [4.69, 9.17) is 0 Å². The van der Waals surface area contributed by atoms with E-state index in [0.29, 0.717) is 32.7 Å². The Labute approximate surface area is 166 Å². The summed E-state index contributed by atoms with van der Waals surface area (Å²) in [7, 11) is -3.52. The van der Waals surface area contributed by atoms with Gasteiger partial charge in [-0.2, -0.15) is 0 Å². The molecule has 0 amide bonds. The normalized spacial score (nSPS) is 11.2. The predicted molar refractivity (Wildman–Crippen MR) is 116 cm³/mol. The van der Waals surface area contributed by atoms with Crippen LogP contribution in [-0.4, -0.2) is 24.6 Å². The number of nitrogens with one attached hydrogen (secondary N) is 1. The average molecular weight is 400 g/mol. The van der Waals surface area contributed by atoms with E-state index in [2.05, 4.69) is 11.3 Å². The Kier molecular flexibility index (Phi) is 5.11. The third-order valence-corrected chi connectivity index (χ3v) is 4.78. The molecule has 0 radical (unpaired) electrons. The molecule has 0 saturated carbocycles. The van der Waals surface area contributed by atoms with Crippen LogP contribution in [0.4, 0.5) is 5.69 Å². The minimum absolute atomic E-state index is 0. The highest BCUT2D eigenvalue weighted by atomic mass is 32.2. The molecule has 6 nitrogen and oxygen atoms in total. The summed E-state index contributed by atoms with van der Waals surface area (Å²) >= 11 is 0. The van der Waals surface area contributed by atoms with E-state index >= 15 is 0 Å². The molecule has 7 heteroatoms. The van der Waals surface area contributed by atoms with E-state index < -0.39 is 15.6 Å². The monoisotopic (exact) mass is 400 g/mol. The SMILES string of the molecule is C=C(C)c1ccc(-c2cc(-c3ccccc3)cc(=O)n2O)cc1NS(C)(=O)=O.[HH].[HH]. The summed E-state index contributed by atoms with van der Waals surface area (Å²) in [4.78, 5) is 12.3. The smallest absolute Gasteiger partial charge is 0.283 e. The molecule has 0 aliphatic heterocycles. The van der Waals surface area contributed by atoms with Gasteiger partial charge in [0.05, 0.1) is 17.6 Å². The summed E-state index contributed by atoms with van der Waals surface area (Å²) in [6.45, 7) is 5.63. The maximum atomic E-state index is 12.3. The minimum atomic E-state index is -3.52. The topological polar surface area (TPSA) is 88.4 Å². The molecule has 1 aromatic heterocycles. The van der Waals surface area contributed by atoms with Crippen LogP contribution in [0.2, 0.25) is 0 Å². The van der Waals surface area contributed by atoms with E-state index in [1.54, 1.807) is 31.2 Å². The van der Waals surface area contributed by atoms with Crippen molar-refractivity contribution in [3.05, 3.63) is 83.2 Å². The highest BCUT2D eigenvalue weighted by molar-refractivity contribution is 7.92. The molecular formula is C21H24N2O4S. The summed E-state index contributed by atoms with van der Waals surface area (Å²) in [6, 6.07) is 17.3. The van der Waals surface area contributed by atoms with Crippen molar-refractivity contribution in [3.63, 3.8) is 0 Å². The molecule has 0 aliphatic rings. The van der Waals surface area contributed by atoms with Crippen LogP contribution in [0.1, 0.15) is 15.3 Å². The highest BCUT2D eigenvalue weighted by Gasteiger charge is 2.14. The number of hydrogen-bond acceptors (Lipinski definition) is 4. The predicted octanol–water partition coefficient (Wildman–Crippen LogP) is 4.32. The fourth-order valence-corrected chi connectivity index (χ4v) is 3.49. The van der Waals surface area contributed by atoms with Crippen LogP contribution >= 0.6 is 0 Å². The minimum Gasteiger partial charge on any atom is -0.425 e. The van der Waals surface area contributed by atoms with Gasteiger partial charge in [0.25, 0.3) is 5.56 Å². The summed E-state index contributed by atoms with van der Waals surface area (Å²) in [5.74, 6) is 0. The second kappa shape index (κ2) is 7.36. The number of anilines is 1. The zero-order valence-electron chi connectivity index (χ0n) is 15.5. The highest BCUT2D eigenvalue weighted by Crippen LogP contribution is 2.31. The number of sulfonamides is 1. The first-order valence-electron chi connectivity index (χ1n) is 8.45. The van der Waals surface area contributed by atoms with Gasteiger partial charge < -0.3 is 5.21 Å². The number of rotatable bonds is 5. The Hall–Kier alpha value is -3.32. The molecule has 0 atom stereocenters. The van der Waals surface area contributed by atoms with Crippen molar-refractivity contribution < 1.29 is 16.5 Å². The van der Waals surface area contributed by atoms with E-state index in [0.717, 1.165) is 11.8 Å². The van der Waals surface area contributed by atoms with Gasteiger partial charge in [0.1, 0.15) is 0 Å². The third-order valence-electron chi connectivity index (χ3n) is 4.19. The van der Waals surface area contributed by atoms with Gasteiger partial charge in [0.15, 0.2) is 0 Å². The van der Waals surface area contributed by atoms with Gasteiger partial charge in [-0.25, -0.2) is 8.42 Å². The van der Waals surface area contributed by atoms with Crippen molar-refractivity contribution in [3.8, 4) is 22.4 Å². The number of allylic oxidation sites excluding steroid dienone is 1. The van der Waals surface area contributed by atoms with Crippen molar-refractivity contribution in [1.29, 1.82) is 0 Å². The molecule has 0 bridgehead atoms. The van der Waals surface area contributed by atoms with Gasteiger partial charge in [0.2, 0.25) is 10.0 Å². The third kappa shape index (κ3) is 4.15. The Bertz CT molecular complexity index is 1220. The lowest BCUT2D eigenvalue weighted by Crippen LogP contribution is -2.18. The Morgan fingerprint density at radius 3 is 2.32 bits per heavy atom. The van der Waals surface area contributed by atoms with E-state index in [1.807, 2.05) is 30.3 Å². The number of nitrogens with zero attached hydrogens (tertiary/aromatic N) is 1. The molecule has 148 valence electrons. The van der Waals surface area contributed by atoms with E-state index in [9.17, 15) is 18.4 Å². The van der Waals surface area contributed by atoms with E-state index in [1.165, 1.54) is 6.07 Å². The zero-order chi connectivity index (χ0) is 20.5. The fourth-order valence-electron chi connectivity index (χ4n) is 2.93. The van der Waals surface area contributed by atoms with Gasteiger partial charge in [-0.05, 0) is 35.8 Å². The van der Waals surface area contributed by atoms with Crippen LogP contribution < -0.4 is 10.3 Å². The lowest BCUT2D eigenvalue weighted by molar-refractivity contribution is 0.180. The van der Waals surface area contributed by atoms with Crippen LogP contribution in [0, 0.1) is 0 Å². The van der Waals surface area contributed by atoms with Crippen LogP contribution in [0.3, 0.4) is 0 Å². The van der Waals surface area contributed by atoms with Gasteiger partial charge in [0, 0.05) is 20.0 Å². The van der Waals surface area contributed by atoms with Crippen molar-refractivity contribution in [2.24, 2.45) is 0 Å². The first kappa shape index (κ1) is 19.4. The molecule has 2 aromatic carbocycles. The van der Waals surface area contributed by atoms with Crippen LogP contribution in [0.25, 0.3) is 28.0 Å². The summed E-state index contributed by atoms with van der Waals surface area (Å²) in [5, 5.41) is 10.3. The van der Waals surface area contributed by atoms with Crippen molar-refractivity contribution in [2.75, 3.05) is 11.0 Å². The van der Waals surface area contributed by atoms with Gasteiger partial charge in [-0.15, -0.1) is 4.73 Å². The lowest BCUT2D eigenvalue weighted by Gasteiger charge is -2.15. The van der Waals surface area contributed by atoms with Crippen molar-refractivity contribution in [2.45, 2.75) is 6.92 Å². The first-order valence-corrected chi connectivity index (χ1v) is 10.3. The van der Waals surface area contributed by atoms with E-state index in [-0.39, 0.29) is 8.55 Å².